The number of carbonyl (C=O) groups is 1. The summed E-state index contributed by atoms with van der Waals surface area (Å²) in [5, 5.41) is 0. The molecule has 18 heavy (non-hydrogen) atoms. The van der Waals surface area contributed by atoms with Crippen molar-refractivity contribution in [2.75, 3.05) is 36.5 Å². The minimum absolute atomic E-state index is 0.102. The Morgan fingerprint density at radius 1 is 1.28 bits per heavy atom. The van der Waals surface area contributed by atoms with Crippen molar-refractivity contribution in [3.05, 3.63) is 24.3 Å². The number of nitrogens with two attached hydrogens (primary N) is 1. The molecule has 4 heteroatoms. The lowest BCUT2D eigenvalue weighted by atomic mass is 9.91. The summed E-state index contributed by atoms with van der Waals surface area (Å²) in [5.41, 5.74) is 7.28. The van der Waals surface area contributed by atoms with Gasteiger partial charge in [0.25, 0.3) is 0 Å². The normalized spacial score (nSPS) is 15.6. The van der Waals surface area contributed by atoms with E-state index in [1.165, 1.54) is 0 Å². The van der Waals surface area contributed by atoms with Crippen LogP contribution in [0.25, 0.3) is 0 Å². The number of rotatable bonds is 2. The van der Waals surface area contributed by atoms with Crippen LogP contribution < -0.4 is 15.5 Å². The summed E-state index contributed by atoms with van der Waals surface area (Å²) >= 11 is 0. The number of amides is 1. The summed E-state index contributed by atoms with van der Waals surface area (Å²) in [6, 6.07) is 8.00. The zero-order valence-corrected chi connectivity index (χ0v) is 11.3. The first kappa shape index (κ1) is 12.9. The summed E-state index contributed by atoms with van der Waals surface area (Å²) in [4.78, 5) is 16.6. The van der Waals surface area contributed by atoms with Crippen LogP contribution in [-0.2, 0) is 4.79 Å². The van der Waals surface area contributed by atoms with Crippen LogP contribution in [0, 0.1) is 5.41 Å². The molecule has 0 fully saturated rings. The lowest BCUT2D eigenvalue weighted by Crippen LogP contribution is -2.49. The fraction of sp³-hybridized carbons (Fsp3) is 0.500. The smallest absolute Gasteiger partial charge is 0.234 e. The third kappa shape index (κ3) is 2.08. The molecule has 98 valence electrons. The van der Waals surface area contributed by atoms with Gasteiger partial charge in [-0.3, -0.25) is 4.79 Å². The molecule has 0 spiro atoms. The summed E-state index contributed by atoms with van der Waals surface area (Å²) in [7, 11) is 2.05. The molecule has 0 atom stereocenters. The second kappa shape index (κ2) is 4.61. The van der Waals surface area contributed by atoms with Gasteiger partial charge in [0.1, 0.15) is 0 Å². The van der Waals surface area contributed by atoms with E-state index in [0.717, 1.165) is 24.5 Å². The van der Waals surface area contributed by atoms with Crippen molar-refractivity contribution >= 4 is 17.3 Å². The first-order valence-electron chi connectivity index (χ1n) is 6.29. The Kier molecular flexibility index (Phi) is 3.30. The number of benzene rings is 1. The molecule has 1 amide bonds. The third-order valence-electron chi connectivity index (χ3n) is 3.58. The molecule has 2 N–H and O–H groups in total. The first-order valence-corrected chi connectivity index (χ1v) is 6.29. The Labute approximate surface area is 108 Å². The second-order valence-corrected chi connectivity index (χ2v) is 5.46. The van der Waals surface area contributed by atoms with Gasteiger partial charge in [0.05, 0.1) is 16.8 Å². The van der Waals surface area contributed by atoms with Crippen LogP contribution in [0.2, 0.25) is 0 Å². The molecule has 1 aliphatic heterocycles. The van der Waals surface area contributed by atoms with Crippen LogP contribution in [0.5, 0.6) is 0 Å². The number of para-hydroxylation sites is 2. The van der Waals surface area contributed by atoms with Crippen LogP contribution in [0.3, 0.4) is 0 Å². The van der Waals surface area contributed by atoms with Gasteiger partial charge in [0.2, 0.25) is 5.91 Å². The van der Waals surface area contributed by atoms with Gasteiger partial charge in [-0.1, -0.05) is 12.1 Å². The largest absolute Gasteiger partial charge is 0.371 e. The molecule has 0 saturated heterocycles. The van der Waals surface area contributed by atoms with Gasteiger partial charge < -0.3 is 15.5 Å². The van der Waals surface area contributed by atoms with Gasteiger partial charge in [-0.25, -0.2) is 0 Å². The Hall–Kier alpha value is -1.55. The maximum absolute atomic E-state index is 12.5. The topological polar surface area (TPSA) is 49.6 Å². The highest BCUT2D eigenvalue weighted by Crippen LogP contribution is 2.34. The quantitative estimate of drug-likeness (QED) is 0.860. The number of hydrogen-bond donors (Lipinski definition) is 1. The molecule has 0 radical (unpaired) electrons. The highest BCUT2D eigenvalue weighted by Gasteiger charge is 2.34. The lowest BCUT2D eigenvalue weighted by molar-refractivity contribution is -0.126. The predicted octanol–water partition coefficient (Wildman–Crippen LogP) is 1.45. The maximum Gasteiger partial charge on any atom is 0.234 e. The van der Waals surface area contributed by atoms with Crippen molar-refractivity contribution < 1.29 is 4.79 Å². The minimum Gasteiger partial charge on any atom is -0.371 e. The molecule has 0 bridgehead atoms. The summed E-state index contributed by atoms with van der Waals surface area (Å²) in [5.74, 6) is 0.102. The Morgan fingerprint density at radius 3 is 2.50 bits per heavy atom. The van der Waals surface area contributed by atoms with E-state index in [0.29, 0.717) is 6.54 Å². The monoisotopic (exact) mass is 247 g/mol. The molecular formula is C14H21N3O. The van der Waals surface area contributed by atoms with Crippen LogP contribution in [-0.4, -0.2) is 32.6 Å². The van der Waals surface area contributed by atoms with Gasteiger partial charge in [0.15, 0.2) is 0 Å². The van der Waals surface area contributed by atoms with Gasteiger partial charge in [-0.05, 0) is 26.0 Å². The van der Waals surface area contributed by atoms with Gasteiger partial charge in [-0.15, -0.1) is 0 Å². The molecule has 1 heterocycles. The Morgan fingerprint density at radius 2 is 1.89 bits per heavy atom. The van der Waals surface area contributed by atoms with E-state index in [-0.39, 0.29) is 5.91 Å². The minimum atomic E-state index is -0.511. The number of nitrogens with zero attached hydrogens (tertiary/aromatic N) is 2. The molecule has 0 unspecified atom stereocenters. The van der Waals surface area contributed by atoms with Crippen LogP contribution in [0.15, 0.2) is 24.3 Å². The van der Waals surface area contributed by atoms with Crippen molar-refractivity contribution in [2.45, 2.75) is 13.8 Å². The number of carbonyl (C=O) groups excluding carboxylic acids is 1. The van der Waals surface area contributed by atoms with Gasteiger partial charge >= 0.3 is 0 Å². The number of fused-ring (bicyclic) bond motifs is 1. The Balaban J connectivity index is 2.38. The van der Waals surface area contributed by atoms with Crippen molar-refractivity contribution in [3.8, 4) is 0 Å². The summed E-state index contributed by atoms with van der Waals surface area (Å²) < 4.78 is 0. The lowest BCUT2D eigenvalue weighted by Gasteiger charge is -2.39. The van der Waals surface area contributed by atoms with Gasteiger partial charge in [-0.2, -0.15) is 0 Å². The number of likely N-dealkylation sites (N-methyl/N-ethyl adjacent to an activating group) is 1. The van der Waals surface area contributed by atoms with Crippen LogP contribution in [0.4, 0.5) is 11.4 Å². The van der Waals surface area contributed by atoms with E-state index in [2.05, 4.69) is 11.9 Å². The fourth-order valence-corrected chi connectivity index (χ4v) is 2.17. The standard InChI is InChI=1S/C14H21N3O/c1-14(2,10-15)13(18)17-9-8-16(3)11-6-4-5-7-12(11)17/h4-7H,8-10,15H2,1-3H3. The number of anilines is 2. The highest BCUT2D eigenvalue weighted by molar-refractivity contribution is 6.00. The summed E-state index contributed by atoms with van der Waals surface area (Å²) in [6.45, 7) is 5.73. The molecule has 0 aromatic heterocycles. The van der Waals surface area contributed by atoms with E-state index in [1.807, 2.05) is 43.0 Å². The van der Waals surface area contributed by atoms with Crippen molar-refractivity contribution in [3.63, 3.8) is 0 Å². The first-order chi connectivity index (χ1) is 8.47. The number of hydrogen-bond acceptors (Lipinski definition) is 3. The second-order valence-electron chi connectivity index (χ2n) is 5.46. The van der Waals surface area contributed by atoms with Crippen molar-refractivity contribution in [1.82, 2.24) is 0 Å². The molecule has 4 nitrogen and oxygen atoms in total. The van der Waals surface area contributed by atoms with Gasteiger partial charge in [0, 0.05) is 26.7 Å². The zero-order chi connectivity index (χ0) is 13.3. The predicted molar refractivity (Wildman–Crippen MR) is 74.9 cm³/mol. The average molecular weight is 247 g/mol. The summed E-state index contributed by atoms with van der Waals surface area (Å²) in [6.07, 6.45) is 0. The molecule has 0 aliphatic carbocycles. The third-order valence-corrected chi connectivity index (χ3v) is 3.58. The maximum atomic E-state index is 12.5. The van der Waals surface area contributed by atoms with E-state index in [9.17, 15) is 4.79 Å². The highest BCUT2D eigenvalue weighted by atomic mass is 16.2. The zero-order valence-electron chi connectivity index (χ0n) is 11.3. The molecule has 1 aliphatic rings. The average Bonchev–Trinajstić information content (AvgIpc) is 2.39. The Bertz CT molecular complexity index is 456. The van der Waals surface area contributed by atoms with E-state index in [1.54, 1.807) is 0 Å². The molecular weight excluding hydrogens is 226 g/mol. The molecule has 1 aromatic rings. The van der Waals surface area contributed by atoms with E-state index in [4.69, 9.17) is 5.73 Å². The molecule has 0 saturated carbocycles. The van der Waals surface area contributed by atoms with Crippen molar-refractivity contribution in [1.29, 1.82) is 0 Å². The van der Waals surface area contributed by atoms with Crippen LogP contribution in [0.1, 0.15) is 13.8 Å². The fourth-order valence-electron chi connectivity index (χ4n) is 2.17. The van der Waals surface area contributed by atoms with Crippen molar-refractivity contribution in [2.24, 2.45) is 11.1 Å². The van der Waals surface area contributed by atoms with Crippen LogP contribution >= 0.6 is 0 Å². The molecule has 1 aromatic carbocycles. The molecule has 2 rings (SSSR count). The SMILES string of the molecule is CN1CCN(C(=O)C(C)(C)CN)c2ccccc21. The van der Waals surface area contributed by atoms with E-state index >= 15 is 0 Å². The van der Waals surface area contributed by atoms with E-state index < -0.39 is 5.41 Å².